The standard InChI is InChI=1S/C17H22N2O3/c1-13-5-7-14(8-6-13)21-11-15(17(2,3)4)22-16(20)19-10-9-18-12-19/h5-10,12,15H,11H2,1-4H3. The summed E-state index contributed by atoms with van der Waals surface area (Å²) in [5, 5.41) is 0. The molecule has 0 saturated heterocycles. The van der Waals surface area contributed by atoms with Crippen molar-refractivity contribution in [3.63, 3.8) is 0 Å². The highest BCUT2D eigenvalue weighted by Crippen LogP contribution is 2.24. The zero-order chi connectivity index (χ0) is 16.2. The quantitative estimate of drug-likeness (QED) is 0.864. The molecule has 1 aromatic carbocycles. The first kappa shape index (κ1) is 16.1. The summed E-state index contributed by atoms with van der Waals surface area (Å²) in [4.78, 5) is 15.9. The van der Waals surface area contributed by atoms with E-state index in [2.05, 4.69) is 4.98 Å². The molecule has 1 atom stereocenters. The third-order valence-electron chi connectivity index (χ3n) is 3.35. The molecule has 5 heteroatoms. The van der Waals surface area contributed by atoms with Gasteiger partial charge in [-0.3, -0.25) is 0 Å². The van der Waals surface area contributed by atoms with Crippen LogP contribution in [-0.2, 0) is 4.74 Å². The molecule has 5 nitrogen and oxygen atoms in total. The molecule has 0 spiro atoms. The van der Waals surface area contributed by atoms with Crippen LogP contribution in [0.4, 0.5) is 4.79 Å². The highest BCUT2D eigenvalue weighted by Gasteiger charge is 2.29. The summed E-state index contributed by atoms with van der Waals surface area (Å²) < 4.78 is 12.6. The van der Waals surface area contributed by atoms with Crippen molar-refractivity contribution in [1.29, 1.82) is 0 Å². The minimum Gasteiger partial charge on any atom is -0.490 e. The Morgan fingerprint density at radius 1 is 1.27 bits per heavy atom. The first-order valence-corrected chi connectivity index (χ1v) is 7.24. The molecular weight excluding hydrogens is 280 g/mol. The van der Waals surface area contributed by atoms with Crippen LogP contribution in [0.25, 0.3) is 0 Å². The Hall–Kier alpha value is -2.30. The molecule has 118 valence electrons. The number of hydrogen-bond donors (Lipinski definition) is 0. The normalized spacial score (nSPS) is 12.7. The second-order valence-electron chi connectivity index (χ2n) is 6.33. The molecule has 0 aliphatic carbocycles. The highest BCUT2D eigenvalue weighted by molar-refractivity contribution is 5.70. The highest BCUT2D eigenvalue weighted by atomic mass is 16.6. The van der Waals surface area contributed by atoms with Gasteiger partial charge in [-0.15, -0.1) is 0 Å². The van der Waals surface area contributed by atoms with Gasteiger partial charge in [-0.1, -0.05) is 38.5 Å². The molecule has 0 N–H and O–H groups in total. The van der Waals surface area contributed by atoms with Gasteiger partial charge >= 0.3 is 6.09 Å². The van der Waals surface area contributed by atoms with E-state index in [0.29, 0.717) is 6.61 Å². The van der Waals surface area contributed by atoms with Gasteiger partial charge in [0.05, 0.1) is 0 Å². The number of carbonyl (C=O) groups excluding carboxylic acids is 1. The van der Waals surface area contributed by atoms with Crippen molar-refractivity contribution in [2.75, 3.05) is 6.61 Å². The van der Waals surface area contributed by atoms with E-state index in [4.69, 9.17) is 9.47 Å². The summed E-state index contributed by atoms with van der Waals surface area (Å²) in [5.74, 6) is 0.763. The second-order valence-corrected chi connectivity index (χ2v) is 6.33. The number of aromatic nitrogens is 2. The molecule has 0 bridgehead atoms. The van der Waals surface area contributed by atoms with Crippen molar-refractivity contribution in [1.82, 2.24) is 9.55 Å². The number of benzene rings is 1. The molecule has 0 aliphatic heterocycles. The van der Waals surface area contributed by atoms with Crippen LogP contribution in [0.1, 0.15) is 26.3 Å². The molecule has 0 amide bonds. The Balaban J connectivity index is 2.00. The molecule has 0 radical (unpaired) electrons. The van der Waals surface area contributed by atoms with Gasteiger partial charge in [-0.2, -0.15) is 0 Å². The Labute approximate surface area is 130 Å². The maximum atomic E-state index is 12.1. The Bertz CT molecular complexity index is 598. The lowest BCUT2D eigenvalue weighted by Gasteiger charge is -2.30. The Morgan fingerprint density at radius 2 is 1.95 bits per heavy atom. The number of rotatable bonds is 4. The van der Waals surface area contributed by atoms with Crippen molar-refractivity contribution in [2.24, 2.45) is 5.41 Å². The van der Waals surface area contributed by atoms with E-state index in [1.807, 2.05) is 52.0 Å². The molecule has 0 saturated carbocycles. The molecule has 2 rings (SSSR count). The zero-order valence-electron chi connectivity index (χ0n) is 13.4. The van der Waals surface area contributed by atoms with Crippen LogP contribution >= 0.6 is 0 Å². The van der Waals surface area contributed by atoms with Gasteiger partial charge < -0.3 is 9.47 Å². The van der Waals surface area contributed by atoms with Gasteiger partial charge in [0.2, 0.25) is 0 Å². The summed E-state index contributed by atoms with van der Waals surface area (Å²) in [6.07, 6.45) is 3.69. The predicted molar refractivity (Wildman–Crippen MR) is 84.0 cm³/mol. The number of imidazole rings is 1. The SMILES string of the molecule is Cc1ccc(OCC(OC(=O)n2ccnc2)C(C)(C)C)cc1. The topological polar surface area (TPSA) is 53.4 Å². The van der Waals surface area contributed by atoms with Gasteiger partial charge in [0.1, 0.15) is 24.8 Å². The summed E-state index contributed by atoms with van der Waals surface area (Å²) in [7, 11) is 0. The maximum Gasteiger partial charge on any atom is 0.419 e. The van der Waals surface area contributed by atoms with E-state index < -0.39 is 6.09 Å². The average molecular weight is 302 g/mol. The van der Waals surface area contributed by atoms with Crippen LogP contribution in [0.15, 0.2) is 43.0 Å². The lowest BCUT2D eigenvalue weighted by atomic mass is 9.89. The predicted octanol–water partition coefficient (Wildman–Crippen LogP) is 3.67. The minimum absolute atomic E-state index is 0.235. The summed E-state index contributed by atoms with van der Waals surface area (Å²) in [6, 6.07) is 7.79. The van der Waals surface area contributed by atoms with Crippen molar-refractivity contribution in [2.45, 2.75) is 33.8 Å². The lowest BCUT2D eigenvalue weighted by Crippen LogP contribution is -2.37. The van der Waals surface area contributed by atoms with Crippen molar-refractivity contribution in [3.8, 4) is 5.75 Å². The van der Waals surface area contributed by atoms with Gasteiger partial charge in [-0.05, 0) is 19.1 Å². The van der Waals surface area contributed by atoms with E-state index in [1.165, 1.54) is 22.7 Å². The molecule has 0 fully saturated rings. The second kappa shape index (κ2) is 6.64. The minimum atomic E-state index is -0.454. The molecule has 22 heavy (non-hydrogen) atoms. The maximum absolute atomic E-state index is 12.1. The third kappa shape index (κ3) is 4.35. The molecule has 1 unspecified atom stereocenters. The smallest absolute Gasteiger partial charge is 0.419 e. The molecule has 1 aromatic heterocycles. The van der Waals surface area contributed by atoms with Crippen molar-refractivity contribution >= 4 is 6.09 Å². The number of ether oxygens (including phenoxy) is 2. The van der Waals surface area contributed by atoms with E-state index in [1.54, 1.807) is 6.20 Å². The van der Waals surface area contributed by atoms with Crippen LogP contribution in [0.2, 0.25) is 0 Å². The number of aryl methyl sites for hydroxylation is 1. The van der Waals surface area contributed by atoms with E-state index in [0.717, 1.165) is 5.75 Å². The number of nitrogens with zero attached hydrogens (tertiary/aromatic N) is 2. The Morgan fingerprint density at radius 3 is 2.50 bits per heavy atom. The zero-order valence-corrected chi connectivity index (χ0v) is 13.4. The van der Waals surface area contributed by atoms with Gasteiger partial charge in [0.25, 0.3) is 0 Å². The lowest BCUT2D eigenvalue weighted by molar-refractivity contribution is 0.00209. The fourth-order valence-electron chi connectivity index (χ4n) is 1.82. The van der Waals surface area contributed by atoms with Crippen LogP contribution in [0.5, 0.6) is 5.75 Å². The van der Waals surface area contributed by atoms with Crippen molar-refractivity contribution < 1.29 is 14.3 Å². The third-order valence-corrected chi connectivity index (χ3v) is 3.35. The first-order valence-electron chi connectivity index (χ1n) is 7.24. The average Bonchev–Trinajstić information content (AvgIpc) is 2.98. The molecule has 2 aromatic rings. The van der Waals surface area contributed by atoms with Crippen LogP contribution in [0, 0.1) is 12.3 Å². The van der Waals surface area contributed by atoms with E-state index in [-0.39, 0.29) is 11.5 Å². The van der Waals surface area contributed by atoms with Gasteiger partial charge in [0, 0.05) is 17.8 Å². The van der Waals surface area contributed by atoms with Crippen molar-refractivity contribution in [3.05, 3.63) is 48.5 Å². The largest absolute Gasteiger partial charge is 0.490 e. The van der Waals surface area contributed by atoms with Crippen LogP contribution < -0.4 is 4.74 Å². The monoisotopic (exact) mass is 302 g/mol. The summed E-state index contributed by atoms with van der Waals surface area (Å²) in [5.41, 5.74) is 0.937. The van der Waals surface area contributed by atoms with E-state index in [9.17, 15) is 4.79 Å². The first-order chi connectivity index (χ1) is 10.4. The fourth-order valence-corrected chi connectivity index (χ4v) is 1.82. The molecule has 1 heterocycles. The number of hydrogen-bond acceptors (Lipinski definition) is 4. The fraction of sp³-hybridized carbons (Fsp3) is 0.412. The van der Waals surface area contributed by atoms with Gasteiger partial charge in [-0.25, -0.2) is 14.3 Å². The Kier molecular flexibility index (Phi) is 4.85. The molecular formula is C17H22N2O3. The summed E-state index contributed by atoms with van der Waals surface area (Å²) in [6.45, 7) is 8.35. The van der Waals surface area contributed by atoms with Crippen LogP contribution in [-0.4, -0.2) is 28.4 Å². The van der Waals surface area contributed by atoms with E-state index >= 15 is 0 Å². The van der Waals surface area contributed by atoms with Crippen LogP contribution in [0.3, 0.4) is 0 Å². The summed E-state index contributed by atoms with van der Waals surface area (Å²) >= 11 is 0. The molecule has 0 aliphatic rings. The number of carbonyl (C=O) groups is 1. The van der Waals surface area contributed by atoms with Gasteiger partial charge in [0.15, 0.2) is 0 Å².